The number of hydrogen-bond donors (Lipinski definition) is 1. The van der Waals surface area contributed by atoms with Crippen LogP contribution in [-0.2, 0) is 34.1 Å². The van der Waals surface area contributed by atoms with Gasteiger partial charge in [0.15, 0.2) is 11.6 Å². The minimum Gasteiger partial charge on any atom is -0.444 e. The van der Waals surface area contributed by atoms with Crippen molar-refractivity contribution >= 4 is 42.8 Å². The molecule has 1 N–H and O–H groups in total. The van der Waals surface area contributed by atoms with Gasteiger partial charge in [-0.3, -0.25) is 19.3 Å². The molecule has 0 saturated carbocycles. The average Bonchev–Trinajstić information content (AvgIpc) is 3.19. The van der Waals surface area contributed by atoms with Crippen molar-refractivity contribution in [2.45, 2.75) is 149 Å². The zero-order valence-electron chi connectivity index (χ0n) is 36.2. The standard InChI is InChI=1S/C38H46F6N2O7.C3H8.C2H6.CH2O/c1-6-25(19-23(2)20-31(49)27(21-47)29-11-7-9-17-45-29)36(37(39,40)41,38(42,43)44)26-15-13-24(14-16-26)32(50)28(22-48)33(51)30-12-8-10-18-46(30)34(52)53-35(3,4)5;1-3-2;2*1-2/h6,13-16,19,21-22,27-30,45H,7-12,17-18,20H2,1-5H3;3H2,1-2H3;1-2H3;1H2/b23-19-,25-6+;;;. The van der Waals surface area contributed by atoms with Crippen LogP contribution >= 0.6 is 0 Å². The van der Waals surface area contributed by atoms with Crippen molar-refractivity contribution in [3.8, 4) is 0 Å². The van der Waals surface area contributed by atoms with Crippen LogP contribution in [0.25, 0.3) is 0 Å². The first-order chi connectivity index (χ1) is 28.1. The van der Waals surface area contributed by atoms with E-state index in [1.54, 1.807) is 20.8 Å². The third-order valence-electron chi connectivity index (χ3n) is 9.54. The summed E-state index contributed by atoms with van der Waals surface area (Å²) in [6.45, 7) is 17.9. The van der Waals surface area contributed by atoms with Gasteiger partial charge in [0, 0.05) is 24.6 Å². The number of nitrogens with one attached hydrogen (secondary N) is 1. The lowest BCUT2D eigenvalue weighted by Crippen LogP contribution is -2.55. The van der Waals surface area contributed by atoms with Gasteiger partial charge in [-0.25, -0.2) is 4.79 Å². The fraction of sp³-hybridized carbons (Fsp3) is 0.614. The van der Waals surface area contributed by atoms with E-state index in [-0.39, 0.29) is 24.8 Å². The number of Topliss-reactive ketones (excluding diaryl/α,β-unsaturated/α-hetero) is 3. The number of allylic oxidation sites excluding steroid dienone is 4. The topological polar surface area (TPSA) is 144 Å². The van der Waals surface area contributed by atoms with Crippen molar-refractivity contribution in [1.82, 2.24) is 10.2 Å². The first-order valence-corrected chi connectivity index (χ1v) is 20.2. The number of ether oxygens (including phenoxy) is 1. The molecule has 2 aliphatic rings. The van der Waals surface area contributed by atoms with Gasteiger partial charge in [-0.05, 0) is 84.4 Å². The quantitative estimate of drug-likeness (QED) is 0.0675. The lowest BCUT2D eigenvalue weighted by Gasteiger charge is -2.39. The Morgan fingerprint density at radius 1 is 0.883 bits per heavy atom. The molecular weight excluding hydrogens is 798 g/mol. The first-order valence-electron chi connectivity index (χ1n) is 20.2. The second-order valence-electron chi connectivity index (χ2n) is 15.2. The molecule has 3 rings (SSSR count). The molecule has 1 aromatic rings. The molecule has 4 unspecified atom stereocenters. The summed E-state index contributed by atoms with van der Waals surface area (Å²) in [5.74, 6) is -5.92. The molecule has 2 saturated heterocycles. The van der Waals surface area contributed by atoms with Gasteiger partial charge in [0.2, 0.25) is 5.41 Å². The largest absolute Gasteiger partial charge is 0.444 e. The van der Waals surface area contributed by atoms with Gasteiger partial charge in [-0.1, -0.05) is 82.5 Å². The molecule has 4 atom stereocenters. The number of nitrogens with zero attached hydrogens (tertiary/aromatic N) is 1. The minimum absolute atomic E-state index is 0.0302. The predicted octanol–water partition coefficient (Wildman–Crippen LogP) is 9.47. The lowest BCUT2D eigenvalue weighted by molar-refractivity contribution is -0.289. The van der Waals surface area contributed by atoms with Crippen LogP contribution in [0, 0.1) is 11.8 Å². The number of hydrogen-bond acceptors (Lipinski definition) is 9. The number of carbonyl (C=O) groups is 7. The van der Waals surface area contributed by atoms with Crippen LogP contribution in [0.2, 0.25) is 0 Å². The second kappa shape index (κ2) is 25.3. The highest BCUT2D eigenvalue weighted by atomic mass is 19.4. The highest BCUT2D eigenvalue weighted by Crippen LogP contribution is 2.57. The van der Waals surface area contributed by atoms with Gasteiger partial charge in [0.05, 0.1) is 12.0 Å². The molecule has 16 heteroatoms. The molecule has 1 aromatic carbocycles. The van der Waals surface area contributed by atoms with E-state index in [4.69, 9.17) is 9.53 Å². The van der Waals surface area contributed by atoms with E-state index in [0.717, 1.165) is 24.7 Å². The third-order valence-corrected chi connectivity index (χ3v) is 9.54. The van der Waals surface area contributed by atoms with Crippen LogP contribution < -0.4 is 5.32 Å². The maximum absolute atomic E-state index is 15.0. The number of likely N-dealkylation sites (tertiary alicyclic amines) is 1. The Labute approximate surface area is 349 Å². The monoisotopic (exact) mass is 860 g/mol. The maximum Gasteiger partial charge on any atom is 0.411 e. The Bertz CT molecular complexity index is 1610. The van der Waals surface area contributed by atoms with Gasteiger partial charge in [-0.2, -0.15) is 26.3 Å². The summed E-state index contributed by atoms with van der Waals surface area (Å²) in [4.78, 5) is 85.8. The highest BCUT2D eigenvalue weighted by Gasteiger charge is 2.73. The SMILES string of the molecule is C/C=C(\C=C(\C)CC(=O)C(C=O)C1CCCCN1)C(c1ccc(C(=O)C(C=O)C(=O)C2CCCCN2C(=O)OC(C)(C)C)cc1)(C(F)(F)F)C(F)(F)F.C=O.CC.CCC. The van der Waals surface area contributed by atoms with Crippen molar-refractivity contribution in [2.75, 3.05) is 13.1 Å². The van der Waals surface area contributed by atoms with Crippen LogP contribution in [-0.4, -0.2) is 90.8 Å². The van der Waals surface area contributed by atoms with E-state index in [9.17, 15) is 55.1 Å². The van der Waals surface area contributed by atoms with Crippen LogP contribution in [0.4, 0.5) is 31.1 Å². The number of ketones is 3. The molecule has 338 valence electrons. The van der Waals surface area contributed by atoms with Crippen LogP contribution in [0.1, 0.15) is 130 Å². The molecule has 2 heterocycles. The zero-order valence-corrected chi connectivity index (χ0v) is 36.2. The molecule has 1 amide bonds. The smallest absolute Gasteiger partial charge is 0.411 e. The van der Waals surface area contributed by atoms with Crippen molar-refractivity contribution in [2.24, 2.45) is 11.8 Å². The van der Waals surface area contributed by atoms with E-state index in [1.165, 1.54) is 13.3 Å². The second-order valence-corrected chi connectivity index (χ2v) is 15.2. The van der Waals surface area contributed by atoms with Crippen molar-refractivity contribution in [3.05, 3.63) is 58.7 Å². The number of aldehydes is 2. The minimum atomic E-state index is -6.00. The number of piperidine rings is 2. The Morgan fingerprint density at radius 3 is 1.85 bits per heavy atom. The number of benzene rings is 1. The maximum atomic E-state index is 15.0. The van der Waals surface area contributed by atoms with Gasteiger partial charge in [0.1, 0.15) is 36.7 Å². The summed E-state index contributed by atoms with van der Waals surface area (Å²) >= 11 is 0. The highest BCUT2D eigenvalue weighted by molar-refractivity contribution is 6.21. The molecule has 0 aromatic heterocycles. The molecule has 0 bridgehead atoms. The van der Waals surface area contributed by atoms with Crippen LogP contribution in [0.3, 0.4) is 0 Å². The van der Waals surface area contributed by atoms with Crippen molar-refractivity contribution in [3.63, 3.8) is 0 Å². The Morgan fingerprint density at radius 2 is 1.42 bits per heavy atom. The number of rotatable bonds is 13. The molecule has 0 spiro atoms. The van der Waals surface area contributed by atoms with Crippen LogP contribution in [0.5, 0.6) is 0 Å². The number of alkyl halides is 6. The van der Waals surface area contributed by atoms with Crippen LogP contribution in [0.15, 0.2) is 47.6 Å². The van der Waals surface area contributed by atoms with E-state index in [2.05, 4.69) is 19.2 Å². The lowest BCUT2D eigenvalue weighted by atomic mass is 9.71. The fourth-order valence-electron chi connectivity index (χ4n) is 6.98. The normalized spacial score (nSPS) is 18.7. The Kier molecular flexibility index (Phi) is 23.4. The van der Waals surface area contributed by atoms with Gasteiger partial charge >= 0.3 is 18.4 Å². The molecule has 0 aliphatic carbocycles. The Hall–Kier alpha value is -4.47. The molecule has 10 nitrogen and oxygen atoms in total. The molecule has 60 heavy (non-hydrogen) atoms. The van der Waals surface area contributed by atoms with Gasteiger partial charge < -0.3 is 24.4 Å². The summed E-state index contributed by atoms with van der Waals surface area (Å²) in [6.07, 6.45) is -7.25. The average molecular weight is 861 g/mol. The number of halogens is 6. The summed E-state index contributed by atoms with van der Waals surface area (Å²) in [5.41, 5.74) is -8.77. The summed E-state index contributed by atoms with van der Waals surface area (Å²) in [6, 6.07) is 0.569. The predicted molar refractivity (Wildman–Crippen MR) is 216 cm³/mol. The van der Waals surface area contributed by atoms with E-state index in [0.29, 0.717) is 68.5 Å². The molecule has 2 fully saturated rings. The fourth-order valence-corrected chi connectivity index (χ4v) is 6.98. The summed E-state index contributed by atoms with van der Waals surface area (Å²) in [5, 5.41) is 3.06. The van der Waals surface area contributed by atoms with E-state index < -0.39 is 93.9 Å². The number of carbonyl (C=O) groups excluding carboxylic acids is 7. The van der Waals surface area contributed by atoms with Crippen molar-refractivity contribution in [1.29, 1.82) is 0 Å². The van der Waals surface area contributed by atoms with Crippen molar-refractivity contribution < 1.29 is 64.6 Å². The molecule has 0 radical (unpaired) electrons. The van der Waals surface area contributed by atoms with E-state index >= 15 is 0 Å². The Balaban J connectivity index is 0.00000468. The summed E-state index contributed by atoms with van der Waals surface area (Å²) in [7, 11) is 0. The third kappa shape index (κ3) is 14.3. The van der Waals surface area contributed by atoms with Gasteiger partial charge in [-0.15, -0.1) is 0 Å². The zero-order chi connectivity index (χ0) is 46.6. The van der Waals surface area contributed by atoms with Gasteiger partial charge in [0.25, 0.3) is 0 Å². The number of amides is 1. The molecular formula is C44H62F6N2O8. The van der Waals surface area contributed by atoms with E-state index in [1.807, 2.05) is 20.6 Å². The summed E-state index contributed by atoms with van der Waals surface area (Å²) < 4.78 is 95.2. The first kappa shape index (κ1) is 55.5. The molecule has 2 aliphatic heterocycles.